The van der Waals surface area contributed by atoms with Gasteiger partial charge in [-0.1, -0.05) is 11.6 Å². The van der Waals surface area contributed by atoms with Crippen molar-refractivity contribution in [2.45, 2.75) is 0 Å². The molecule has 0 saturated heterocycles. The van der Waals surface area contributed by atoms with Crippen LogP contribution >= 0.6 is 11.6 Å². The molecule has 4 rings (SSSR count). The highest BCUT2D eigenvalue weighted by molar-refractivity contribution is 6.30. The Hall–Kier alpha value is -3.83. The summed E-state index contributed by atoms with van der Waals surface area (Å²) in [5, 5.41) is 18.8. The van der Waals surface area contributed by atoms with Crippen LogP contribution in [-0.2, 0) is 4.74 Å². The molecule has 0 bridgehead atoms. The van der Waals surface area contributed by atoms with Gasteiger partial charge < -0.3 is 15.0 Å². The van der Waals surface area contributed by atoms with E-state index in [0.717, 1.165) is 5.69 Å². The molecule has 2 aromatic carbocycles. The van der Waals surface area contributed by atoms with Gasteiger partial charge >= 0.3 is 5.97 Å². The third kappa shape index (κ3) is 2.84. The molecule has 0 unspecified atom stereocenters. The van der Waals surface area contributed by atoms with Crippen LogP contribution in [0.2, 0.25) is 5.02 Å². The summed E-state index contributed by atoms with van der Waals surface area (Å²) in [5.41, 5.74) is 8.92. The molecule has 0 aliphatic heterocycles. The lowest BCUT2D eigenvalue weighted by Gasteiger charge is -2.08. The van der Waals surface area contributed by atoms with Gasteiger partial charge in [-0.25, -0.2) is 4.79 Å². The average Bonchev–Trinajstić information content (AvgIpc) is 3.28. The second-order valence-corrected chi connectivity index (χ2v) is 6.35. The van der Waals surface area contributed by atoms with Gasteiger partial charge in [-0.15, -0.1) is 10.2 Å². The number of hydrogen-bond acceptors (Lipinski definition) is 6. The maximum atomic E-state index is 12.2. The Morgan fingerprint density at radius 3 is 2.50 bits per heavy atom. The fourth-order valence-electron chi connectivity index (χ4n) is 2.86. The van der Waals surface area contributed by atoms with Gasteiger partial charge in [0.2, 0.25) is 0 Å². The van der Waals surface area contributed by atoms with Crippen molar-refractivity contribution < 1.29 is 9.53 Å². The number of hydrogen-bond donors (Lipinski definition) is 1. The number of esters is 1. The number of rotatable bonds is 3. The van der Waals surface area contributed by atoms with Crippen molar-refractivity contribution in [3.05, 3.63) is 64.9 Å². The highest BCUT2D eigenvalue weighted by Crippen LogP contribution is 2.26. The zero-order chi connectivity index (χ0) is 19.8. The molecule has 2 N–H and O–H groups in total. The Balaban J connectivity index is 1.84. The maximum Gasteiger partial charge on any atom is 0.357 e. The lowest BCUT2D eigenvalue weighted by molar-refractivity contribution is 0.0593. The molecule has 2 aromatic heterocycles. The number of nitriles is 1. The van der Waals surface area contributed by atoms with Gasteiger partial charge in [0, 0.05) is 16.9 Å². The number of nitrogens with two attached hydrogens (primary N) is 1. The van der Waals surface area contributed by atoms with Crippen molar-refractivity contribution in [2.75, 3.05) is 12.8 Å². The topological polar surface area (TPSA) is 112 Å². The zero-order valence-corrected chi connectivity index (χ0v) is 15.4. The zero-order valence-electron chi connectivity index (χ0n) is 14.6. The predicted molar refractivity (Wildman–Crippen MR) is 104 cm³/mol. The number of ether oxygens (including phenoxy) is 1. The molecular weight excluding hydrogens is 380 g/mol. The van der Waals surface area contributed by atoms with Crippen molar-refractivity contribution >= 4 is 34.3 Å². The SMILES string of the molecule is COC(=O)c1c(N)c(C#N)cn1-c1ccc2nn(-c3ccc(Cl)cc3)nc2c1. The van der Waals surface area contributed by atoms with E-state index in [2.05, 4.69) is 10.2 Å². The average molecular weight is 393 g/mol. The van der Waals surface area contributed by atoms with E-state index in [4.69, 9.17) is 22.1 Å². The largest absolute Gasteiger partial charge is 0.464 e. The fourth-order valence-corrected chi connectivity index (χ4v) is 2.99. The van der Waals surface area contributed by atoms with Crippen LogP contribution in [0.1, 0.15) is 16.1 Å². The summed E-state index contributed by atoms with van der Waals surface area (Å²) in [6, 6.07) is 14.4. The second-order valence-electron chi connectivity index (χ2n) is 5.92. The van der Waals surface area contributed by atoms with E-state index in [9.17, 15) is 10.1 Å². The lowest BCUT2D eigenvalue weighted by atomic mass is 10.2. The quantitative estimate of drug-likeness (QED) is 0.536. The van der Waals surface area contributed by atoms with E-state index in [0.29, 0.717) is 21.7 Å². The first-order valence-corrected chi connectivity index (χ1v) is 8.52. The number of methoxy groups -OCH3 is 1. The molecule has 0 radical (unpaired) electrons. The highest BCUT2D eigenvalue weighted by atomic mass is 35.5. The van der Waals surface area contributed by atoms with Gasteiger partial charge in [0.15, 0.2) is 5.69 Å². The van der Waals surface area contributed by atoms with Crippen molar-refractivity contribution in [1.82, 2.24) is 19.6 Å². The van der Waals surface area contributed by atoms with Crippen LogP contribution in [0, 0.1) is 11.3 Å². The molecule has 2 heterocycles. The number of carbonyl (C=O) groups is 1. The normalized spacial score (nSPS) is 10.8. The van der Waals surface area contributed by atoms with Gasteiger partial charge in [-0.05, 0) is 42.5 Å². The van der Waals surface area contributed by atoms with E-state index in [-0.39, 0.29) is 16.9 Å². The van der Waals surface area contributed by atoms with Gasteiger partial charge in [-0.3, -0.25) is 0 Å². The molecule has 4 aromatic rings. The van der Waals surface area contributed by atoms with Crippen LogP contribution < -0.4 is 5.73 Å². The van der Waals surface area contributed by atoms with Crippen LogP contribution in [0.3, 0.4) is 0 Å². The van der Waals surface area contributed by atoms with E-state index < -0.39 is 5.97 Å². The number of carbonyl (C=O) groups excluding carboxylic acids is 1. The molecule has 8 nitrogen and oxygen atoms in total. The molecule has 0 spiro atoms. The van der Waals surface area contributed by atoms with Gasteiger partial charge in [-0.2, -0.15) is 10.1 Å². The Morgan fingerprint density at radius 1 is 1.14 bits per heavy atom. The van der Waals surface area contributed by atoms with E-state index in [1.165, 1.54) is 22.7 Å². The Labute approximate surface area is 164 Å². The number of benzene rings is 2. The van der Waals surface area contributed by atoms with Crippen LogP contribution in [0.4, 0.5) is 5.69 Å². The van der Waals surface area contributed by atoms with E-state index in [1.54, 1.807) is 30.3 Å². The van der Waals surface area contributed by atoms with Crippen molar-refractivity contribution in [2.24, 2.45) is 0 Å². The summed E-state index contributed by atoms with van der Waals surface area (Å²) in [4.78, 5) is 13.7. The minimum absolute atomic E-state index is 0.0688. The molecule has 0 aliphatic rings. The maximum absolute atomic E-state index is 12.2. The molecule has 0 amide bonds. The highest BCUT2D eigenvalue weighted by Gasteiger charge is 2.22. The van der Waals surface area contributed by atoms with Gasteiger partial charge in [0.1, 0.15) is 17.1 Å². The molecule has 28 heavy (non-hydrogen) atoms. The standard InChI is InChI=1S/C19H13ClN6O2/c1-28-19(27)18-17(22)11(9-21)10-25(18)14-6-7-15-16(8-14)24-26(23-15)13-4-2-12(20)3-5-13/h2-8,10H,22H2,1H3. The second kappa shape index (κ2) is 6.72. The predicted octanol–water partition coefficient (Wildman–Crippen LogP) is 3.11. The van der Waals surface area contributed by atoms with Gasteiger partial charge in [0.25, 0.3) is 0 Å². The molecule has 0 fully saturated rings. The number of nitrogens with zero attached hydrogens (tertiary/aromatic N) is 5. The van der Waals surface area contributed by atoms with Crippen molar-refractivity contribution in [1.29, 1.82) is 5.26 Å². The Kier molecular flexibility index (Phi) is 4.22. The molecule has 138 valence electrons. The summed E-state index contributed by atoms with van der Waals surface area (Å²) in [5.74, 6) is -0.635. The number of nitrogen functional groups attached to an aromatic ring is 1. The van der Waals surface area contributed by atoms with Crippen molar-refractivity contribution in [3.63, 3.8) is 0 Å². The van der Waals surface area contributed by atoms with Gasteiger partial charge in [0.05, 0.1) is 24.0 Å². The molecular formula is C19H13ClN6O2. The molecule has 9 heteroatoms. The first-order chi connectivity index (χ1) is 13.5. The molecule has 0 atom stereocenters. The molecule has 0 aliphatic carbocycles. The van der Waals surface area contributed by atoms with E-state index >= 15 is 0 Å². The van der Waals surface area contributed by atoms with Crippen LogP contribution in [0.25, 0.3) is 22.4 Å². The first kappa shape index (κ1) is 17.6. The summed E-state index contributed by atoms with van der Waals surface area (Å²) in [6.07, 6.45) is 1.49. The monoisotopic (exact) mass is 392 g/mol. The number of anilines is 1. The third-order valence-corrected chi connectivity index (χ3v) is 4.50. The van der Waals surface area contributed by atoms with Crippen LogP contribution in [0.15, 0.2) is 48.7 Å². The fraction of sp³-hybridized carbons (Fsp3) is 0.0526. The Morgan fingerprint density at radius 2 is 1.82 bits per heavy atom. The summed E-state index contributed by atoms with van der Waals surface area (Å²) in [7, 11) is 1.26. The summed E-state index contributed by atoms with van der Waals surface area (Å²) < 4.78 is 6.32. The first-order valence-electron chi connectivity index (χ1n) is 8.14. The minimum Gasteiger partial charge on any atom is -0.464 e. The summed E-state index contributed by atoms with van der Waals surface area (Å²) in [6.45, 7) is 0. The Bertz CT molecular complexity index is 1250. The van der Waals surface area contributed by atoms with Crippen molar-refractivity contribution in [3.8, 4) is 17.4 Å². The number of fused-ring (bicyclic) bond motifs is 1. The van der Waals surface area contributed by atoms with Crippen LogP contribution in [0.5, 0.6) is 0 Å². The van der Waals surface area contributed by atoms with E-state index in [1.807, 2.05) is 18.2 Å². The third-order valence-electron chi connectivity index (χ3n) is 4.24. The minimum atomic E-state index is -0.635. The molecule has 0 saturated carbocycles. The number of aromatic nitrogens is 4. The lowest BCUT2D eigenvalue weighted by Crippen LogP contribution is -2.11. The smallest absolute Gasteiger partial charge is 0.357 e. The number of halogens is 1. The van der Waals surface area contributed by atoms with Crippen LogP contribution in [-0.4, -0.2) is 32.6 Å². The summed E-state index contributed by atoms with van der Waals surface area (Å²) >= 11 is 5.92.